The lowest BCUT2D eigenvalue weighted by Gasteiger charge is -2.25. The molecule has 3 rings (SSSR count). The van der Waals surface area contributed by atoms with E-state index in [1.54, 1.807) is 0 Å². The number of rotatable bonds is 1. The molecule has 2 heterocycles. The Morgan fingerprint density at radius 2 is 2.10 bits per heavy atom. The first-order chi connectivity index (χ1) is 9.52. The largest absolute Gasteiger partial charge is 0.376 e. The molecule has 1 aromatic heterocycles. The quantitative estimate of drug-likeness (QED) is 0.618. The maximum atomic E-state index is 5.77. The summed E-state index contributed by atoms with van der Waals surface area (Å²) in [6, 6.07) is 6.30. The molecule has 0 radical (unpaired) electrons. The number of nitrogens with one attached hydrogen (secondary N) is 1. The molecule has 0 unspecified atom stereocenters. The smallest absolute Gasteiger partial charge is 0.0764 e. The molecule has 2 aromatic rings. The fourth-order valence-corrected chi connectivity index (χ4v) is 2.85. The Morgan fingerprint density at radius 3 is 2.80 bits per heavy atom. The maximum Gasteiger partial charge on any atom is 0.0764 e. The van der Waals surface area contributed by atoms with Crippen molar-refractivity contribution in [2.75, 3.05) is 12.0 Å². The molecule has 0 aliphatic carbocycles. The molecule has 1 aromatic carbocycles. The van der Waals surface area contributed by atoms with Crippen molar-refractivity contribution in [1.29, 1.82) is 0 Å². The third-order valence-corrected chi connectivity index (χ3v) is 3.88. The van der Waals surface area contributed by atoms with E-state index in [0.29, 0.717) is 6.61 Å². The van der Waals surface area contributed by atoms with Gasteiger partial charge in [0.05, 0.1) is 30.1 Å². The molecule has 0 spiro atoms. The zero-order valence-electron chi connectivity index (χ0n) is 12.3. The van der Waals surface area contributed by atoms with Crippen LogP contribution >= 0.6 is 0 Å². The summed E-state index contributed by atoms with van der Waals surface area (Å²) in [6.07, 6.45) is 0.846. The fraction of sp³-hybridized carbons (Fsp3) is 0.438. The molecule has 3 N–H and O–H groups in total. The topological polar surface area (TPSA) is 60.2 Å². The van der Waals surface area contributed by atoms with Gasteiger partial charge in [-0.25, -0.2) is 0 Å². The molecular formula is C16H21N3O. The Balaban J connectivity index is 2.37. The fourth-order valence-electron chi connectivity index (χ4n) is 2.85. The number of anilines is 1. The highest BCUT2D eigenvalue weighted by Gasteiger charge is 2.23. The number of ether oxygens (including phenoxy) is 1. The molecule has 0 bridgehead atoms. The standard InChI is InChI=1S/C16H21N3O/c1-16(2,3)12-6-4-5-10-14(19-17)11-9-20-8-7-13(11)18-15(10)12/h4-6H,7-9,17H2,1-3H3,(H,18,19). The summed E-state index contributed by atoms with van der Waals surface area (Å²) in [4.78, 5) is 4.92. The van der Waals surface area contributed by atoms with Crippen molar-refractivity contribution in [3.8, 4) is 0 Å². The predicted molar refractivity (Wildman–Crippen MR) is 81.6 cm³/mol. The van der Waals surface area contributed by atoms with Gasteiger partial charge in [-0.2, -0.15) is 0 Å². The predicted octanol–water partition coefficient (Wildman–Crippen LogP) is 2.89. The Labute approximate surface area is 119 Å². The average molecular weight is 271 g/mol. The van der Waals surface area contributed by atoms with Crippen LogP contribution in [0.15, 0.2) is 18.2 Å². The Morgan fingerprint density at radius 1 is 1.30 bits per heavy atom. The first kappa shape index (κ1) is 13.3. The van der Waals surface area contributed by atoms with Crippen molar-refractivity contribution in [3.63, 3.8) is 0 Å². The van der Waals surface area contributed by atoms with Crippen LogP contribution in [0.5, 0.6) is 0 Å². The number of benzene rings is 1. The number of hydrogen-bond donors (Lipinski definition) is 2. The molecule has 106 valence electrons. The first-order valence-electron chi connectivity index (χ1n) is 7.01. The van der Waals surface area contributed by atoms with Crippen LogP contribution in [-0.4, -0.2) is 11.6 Å². The third kappa shape index (κ3) is 2.05. The number of para-hydroxylation sites is 1. The van der Waals surface area contributed by atoms with Crippen LogP contribution < -0.4 is 11.3 Å². The van der Waals surface area contributed by atoms with Crippen LogP contribution in [0.1, 0.15) is 37.6 Å². The van der Waals surface area contributed by atoms with Crippen molar-refractivity contribution in [2.24, 2.45) is 5.84 Å². The van der Waals surface area contributed by atoms with Crippen LogP contribution in [0.25, 0.3) is 10.9 Å². The number of nitrogen functional groups attached to an aromatic ring is 1. The van der Waals surface area contributed by atoms with E-state index in [1.165, 1.54) is 5.56 Å². The van der Waals surface area contributed by atoms with E-state index >= 15 is 0 Å². The van der Waals surface area contributed by atoms with Gasteiger partial charge in [0.25, 0.3) is 0 Å². The van der Waals surface area contributed by atoms with Gasteiger partial charge >= 0.3 is 0 Å². The summed E-state index contributed by atoms with van der Waals surface area (Å²) in [5, 5.41) is 1.07. The average Bonchev–Trinajstić information content (AvgIpc) is 2.43. The van der Waals surface area contributed by atoms with E-state index < -0.39 is 0 Å². The number of nitrogens with zero attached hydrogens (tertiary/aromatic N) is 1. The summed E-state index contributed by atoms with van der Waals surface area (Å²) in [7, 11) is 0. The molecular weight excluding hydrogens is 250 g/mol. The van der Waals surface area contributed by atoms with Crippen molar-refractivity contribution in [2.45, 2.75) is 39.2 Å². The number of hydrazine groups is 1. The van der Waals surface area contributed by atoms with Crippen molar-refractivity contribution >= 4 is 16.6 Å². The van der Waals surface area contributed by atoms with Gasteiger partial charge in [0.15, 0.2) is 0 Å². The molecule has 4 nitrogen and oxygen atoms in total. The Bertz CT molecular complexity index is 659. The second-order valence-corrected chi connectivity index (χ2v) is 6.31. The van der Waals surface area contributed by atoms with Gasteiger partial charge in [-0.15, -0.1) is 0 Å². The SMILES string of the molecule is CC(C)(C)c1cccc2c(NN)c3c(nc12)CCOC3. The van der Waals surface area contributed by atoms with Crippen LogP contribution in [0.3, 0.4) is 0 Å². The van der Waals surface area contributed by atoms with Crippen molar-refractivity contribution in [1.82, 2.24) is 4.98 Å². The van der Waals surface area contributed by atoms with Gasteiger partial charge < -0.3 is 10.2 Å². The molecule has 0 saturated heterocycles. The number of fused-ring (bicyclic) bond motifs is 2. The normalized spacial score (nSPS) is 15.2. The zero-order valence-corrected chi connectivity index (χ0v) is 12.3. The number of nitrogens with two attached hydrogens (primary N) is 1. The summed E-state index contributed by atoms with van der Waals surface area (Å²) in [6.45, 7) is 7.94. The summed E-state index contributed by atoms with van der Waals surface area (Å²) in [5.74, 6) is 5.77. The van der Waals surface area contributed by atoms with Gasteiger partial charge in [0, 0.05) is 17.4 Å². The first-order valence-corrected chi connectivity index (χ1v) is 7.01. The molecule has 1 aliphatic heterocycles. The minimum Gasteiger partial charge on any atom is -0.376 e. The lowest BCUT2D eigenvalue weighted by atomic mass is 9.84. The van der Waals surface area contributed by atoms with Crippen LogP contribution in [0.4, 0.5) is 5.69 Å². The molecule has 4 heteroatoms. The highest BCUT2D eigenvalue weighted by Crippen LogP contribution is 2.36. The highest BCUT2D eigenvalue weighted by atomic mass is 16.5. The molecule has 0 fully saturated rings. The third-order valence-electron chi connectivity index (χ3n) is 3.88. The minimum absolute atomic E-state index is 0.0534. The Kier molecular flexibility index (Phi) is 3.15. The van der Waals surface area contributed by atoms with E-state index in [2.05, 4.69) is 44.4 Å². The summed E-state index contributed by atoms with van der Waals surface area (Å²) in [5.41, 5.74) is 8.36. The van der Waals surface area contributed by atoms with Crippen molar-refractivity contribution in [3.05, 3.63) is 35.0 Å². The van der Waals surface area contributed by atoms with E-state index in [1.807, 2.05) is 0 Å². The lowest BCUT2D eigenvalue weighted by Crippen LogP contribution is -2.19. The molecule has 0 amide bonds. The van der Waals surface area contributed by atoms with Crippen LogP contribution in [0.2, 0.25) is 0 Å². The molecule has 1 aliphatic rings. The number of aromatic nitrogens is 1. The minimum atomic E-state index is 0.0534. The van der Waals surface area contributed by atoms with E-state index in [4.69, 9.17) is 15.6 Å². The van der Waals surface area contributed by atoms with E-state index in [-0.39, 0.29) is 5.41 Å². The Hall–Kier alpha value is -1.65. The van der Waals surface area contributed by atoms with Gasteiger partial charge in [0.2, 0.25) is 0 Å². The van der Waals surface area contributed by atoms with Gasteiger partial charge in [0.1, 0.15) is 0 Å². The zero-order chi connectivity index (χ0) is 14.3. The summed E-state index contributed by atoms with van der Waals surface area (Å²) >= 11 is 0. The van der Waals surface area contributed by atoms with Gasteiger partial charge in [-0.3, -0.25) is 10.8 Å². The molecule has 20 heavy (non-hydrogen) atoms. The van der Waals surface area contributed by atoms with E-state index in [0.717, 1.165) is 40.9 Å². The highest BCUT2D eigenvalue weighted by molar-refractivity contribution is 5.95. The van der Waals surface area contributed by atoms with Crippen molar-refractivity contribution < 1.29 is 4.74 Å². The lowest BCUT2D eigenvalue weighted by molar-refractivity contribution is 0.110. The van der Waals surface area contributed by atoms with Crippen LogP contribution in [-0.2, 0) is 23.2 Å². The maximum absolute atomic E-state index is 5.77. The second kappa shape index (κ2) is 4.72. The number of hydrogen-bond acceptors (Lipinski definition) is 4. The summed E-state index contributed by atoms with van der Waals surface area (Å²) < 4.78 is 5.55. The molecule has 0 saturated carbocycles. The number of pyridine rings is 1. The monoisotopic (exact) mass is 271 g/mol. The van der Waals surface area contributed by atoms with E-state index in [9.17, 15) is 0 Å². The van der Waals surface area contributed by atoms with Gasteiger partial charge in [-0.05, 0) is 11.0 Å². The van der Waals surface area contributed by atoms with Gasteiger partial charge in [-0.1, -0.05) is 39.0 Å². The van der Waals surface area contributed by atoms with Crippen LogP contribution in [0, 0.1) is 0 Å². The molecule has 0 atom stereocenters. The second-order valence-electron chi connectivity index (χ2n) is 6.31.